The number of carbonyl (C=O) groups excluding carboxylic acids is 1. The maximum absolute atomic E-state index is 12.6. The zero-order valence-corrected chi connectivity index (χ0v) is 10.1. The number of anilines is 1. The van der Waals surface area contributed by atoms with Crippen molar-refractivity contribution in [1.82, 2.24) is 0 Å². The van der Waals surface area contributed by atoms with E-state index in [0.29, 0.717) is 6.07 Å². The van der Waals surface area contributed by atoms with Crippen LogP contribution in [0.1, 0.15) is 12.0 Å². The molecular weight excluding hydrogens is 292 g/mol. The summed E-state index contributed by atoms with van der Waals surface area (Å²) < 4.78 is 37.7. The molecule has 1 rings (SSSR count). The maximum atomic E-state index is 12.6. The monoisotopic (exact) mass is 296 g/mol. The summed E-state index contributed by atoms with van der Waals surface area (Å²) >= 11 is 11.2. The van der Waals surface area contributed by atoms with Crippen molar-refractivity contribution in [2.75, 3.05) is 5.32 Å². The second kappa shape index (κ2) is 5.46. The molecule has 3 nitrogen and oxygen atoms in total. The van der Waals surface area contributed by atoms with Gasteiger partial charge in [0.2, 0.25) is 5.91 Å². The molecule has 0 radical (unpaired) electrons. The molecule has 1 aromatic rings. The number of alkyl halides is 3. The Morgan fingerprint density at radius 3 is 2.50 bits per heavy atom. The molecule has 1 aromatic carbocycles. The van der Waals surface area contributed by atoms with Crippen LogP contribution in [0.15, 0.2) is 12.1 Å². The van der Waals surface area contributed by atoms with Crippen molar-refractivity contribution in [3.8, 4) is 6.07 Å². The standard InChI is InChI=1S/C10H5Cl2F3N2O/c11-6-2-1-5(10(13,14)15)8(12)9(6)17-7(18)3-4-16/h1-2H,3H2,(H,17,18). The van der Waals surface area contributed by atoms with E-state index >= 15 is 0 Å². The molecule has 18 heavy (non-hydrogen) atoms. The molecule has 0 saturated carbocycles. The molecule has 0 aromatic heterocycles. The van der Waals surface area contributed by atoms with E-state index in [9.17, 15) is 18.0 Å². The fourth-order valence-corrected chi connectivity index (χ4v) is 1.71. The Morgan fingerprint density at radius 2 is 2.00 bits per heavy atom. The van der Waals surface area contributed by atoms with Gasteiger partial charge in [-0.15, -0.1) is 0 Å². The van der Waals surface area contributed by atoms with Crippen molar-refractivity contribution in [2.45, 2.75) is 12.6 Å². The van der Waals surface area contributed by atoms with Gasteiger partial charge in [-0.05, 0) is 12.1 Å². The van der Waals surface area contributed by atoms with Crippen molar-refractivity contribution in [2.24, 2.45) is 0 Å². The molecule has 0 heterocycles. The van der Waals surface area contributed by atoms with Crippen LogP contribution in [0.5, 0.6) is 0 Å². The summed E-state index contributed by atoms with van der Waals surface area (Å²) in [5, 5.41) is 9.50. The fraction of sp³-hybridized carbons (Fsp3) is 0.200. The summed E-state index contributed by atoms with van der Waals surface area (Å²) in [5.74, 6) is -0.791. The summed E-state index contributed by atoms with van der Waals surface area (Å²) in [6, 6.07) is 3.23. The number of amides is 1. The molecule has 0 aliphatic carbocycles. The normalized spacial score (nSPS) is 10.9. The first-order valence-electron chi connectivity index (χ1n) is 4.49. The van der Waals surface area contributed by atoms with E-state index in [1.807, 2.05) is 0 Å². The molecule has 0 saturated heterocycles. The van der Waals surface area contributed by atoms with Crippen LogP contribution < -0.4 is 5.32 Å². The third-order valence-electron chi connectivity index (χ3n) is 1.90. The smallest absolute Gasteiger partial charge is 0.323 e. The number of hydrogen-bond donors (Lipinski definition) is 1. The molecule has 0 fully saturated rings. The minimum Gasteiger partial charge on any atom is -0.323 e. The van der Waals surface area contributed by atoms with E-state index in [0.717, 1.165) is 6.07 Å². The van der Waals surface area contributed by atoms with Crippen molar-refractivity contribution in [3.05, 3.63) is 27.7 Å². The Labute approximate surface area is 110 Å². The largest absolute Gasteiger partial charge is 0.417 e. The van der Waals surface area contributed by atoms with Gasteiger partial charge in [-0.1, -0.05) is 23.2 Å². The topological polar surface area (TPSA) is 52.9 Å². The van der Waals surface area contributed by atoms with Gasteiger partial charge < -0.3 is 5.32 Å². The van der Waals surface area contributed by atoms with Gasteiger partial charge >= 0.3 is 6.18 Å². The lowest BCUT2D eigenvalue weighted by Crippen LogP contribution is -2.13. The Hall–Kier alpha value is -1.45. The molecule has 0 aliphatic rings. The third kappa shape index (κ3) is 3.28. The number of rotatable bonds is 2. The average molecular weight is 297 g/mol. The van der Waals surface area contributed by atoms with Crippen LogP contribution in [0, 0.1) is 11.3 Å². The van der Waals surface area contributed by atoms with E-state index in [1.165, 1.54) is 0 Å². The summed E-state index contributed by atoms with van der Waals surface area (Å²) in [5.41, 5.74) is -1.46. The number of nitriles is 1. The van der Waals surface area contributed by atoms with E-state index in [4.69, 9.17) is 28.5 Å². The number of nitrogens with zero attached hydrogens (tertiary/aromatic N) is 1. The molecule has 96 valence electrons. The SMILES string of the molecule is N#CCC(=O)Nc1c(Cl)ccc(C(F)(F)F)c1Cl. The van der Waals surface area contributed by atoms with Crippen LogP contribution in [-0.2, 0) is 11.0 Å². The lowest BCUT2D eigenvalue weighted by Gasteiger charge is -2.14. The third-order valence-corrected chi connectivity index (χ3v) is 2.61. The highest BCUT2D eigenvalue weighted by Gasteiger charge is 2.34. The van der Waals surface area contributed by atoms with Crippen molar-refractivity contribution in [1.29, 1.82) is 5.26 Å². The van der Waals surface area contributed by atoms with Gasteiger partial charge in [0, 0.05) is 0 Å². The van der Waals surface area contributed by atoms with Gasteiger partial charge in [-0.3, -0.25) is 4.79 Å². The first-order valence-corrected chi connectivity index (χ1v) is 5.25. The highest BCUT2D eigenvalue weighted by Crippen LogP contribution is 2.41. The van der Waals surface area contributed by atoms with Gasteiger partial charge in [-0.2, -0.15) is 18.4 Å². The first kappa shape index (κ1) is 14.6. The predicted molar refractivity (Wildman–Crippen MR) is 60.3 cm³/mol. The van der Waals surface area contributed by atoms with Gasteiger partial charge in [0.1, 0.15) is 6.42 Å². The summed E-state index contributed by atoms with van der Waals surface area (Å²) in [4.78, 5) is 11.1. The quantitative estimate of drug-likeness (QED) is 0.901. The minimum atomic E-state index is -4.66. The first-order chi connectivity index (χ1) is 8.27. The van der Waals surface area contributed by atoms with Gasteiger partial charge in [0.25, 0.3) is 0 Å². The lowest BCUT2D eigenvalue weighted by molar-refractivity contribution is -0.137. The van der Waals surface area contributed by atoms with Gasteiger partial charge in [-0.25, -0.2) is 0 Å². The van der Waals surface area contributed by atoms with Gasteiger partial charge in [0.15, 0.2) is 0 Å². The highest BCUT2D eigenvalue weighted by molar-refractivity contribution is 6.40. The second-order valence-corrected chi connectivity index (χ2v) is 3.95. The van der Waals surface area contributed by atoms with Crippen LogP contribution in [-0.4, -0.2) is 5.91 Å². The van der Waals surface area contributed by atoms with E-state index < -0.39 is 29.1 Å². The molecule has 0 unspecified atom stereocenters. The predicted octanol–water partition coefficient (Wildman–Crippen LogP) is 3.86. The molecule has 0 aliphatic heterocycles. The van der Waals surface area contributed by atoms with Crippen LogP contribution in [0.4, 0.5) is 18.9 Å². The van der Waals surface area contributed by atoms with E-state index in [2.05, 4.69) is 5.32 Å². The average Bonchev–Trinajstić information content (AvgIpc) is 2.22. The van der Waals surface area contributed by atoms with Crippen LogP contribution in [0.3, 0.4) is 0 Å². The van der Waals surface area contributed by atoms with Crippen molar-refractivity contribution < 1.29 is 18.0 Å². The maximum Gasteiger partial charge on any atom is 0.417 e. The van der Waals surface area contributed by atoms with Crippen LogP contribution in [0.25, 0.3) is 0 Å². The Bertz CT molecular complexity index is 523. The Balaban J connectivity index is 3.20. The zero-order chi connectivity index (χ0) is 13.9. The summed E-state index contributed by atoms with van der Waals surface area (Å²) in [6.07, 6.45) is -5.17. The lowest BCUT2D eigenvalue weighted by atomic mass is 10.2. The number of carbonyl (C=O) groups is 1. The van der Waals surface area contributed by atoms with E-state index in [1.54, 1.807) is 6.07 Å². The highest BCUT2D eigenvalue weighted by atomic mass is 35.5. The number of benzene rings is 1. The van der Waals surface area contributed by atoms with E-state index in [-0.39, 0.29) is 10.7 Å². The second-order valence-electron chi connectivity index (χ2n) is 3.16. The fourth-order valence-electron chi connectivity index (χ4n) is 1.14. The minimum absolute atomic E-state index is 0.140. The number of halogens is 5. The molecule has 0 bridgehead atoms. The molecule has 1 amide bonds. The molecule has 0 spiro atoms. The summed E-state index contributed by atoms with van der Waals surface area (Å²) in [7, 11) is 0. The van der Waals surface area contributed by atoms with Crippen molar-refractivity contribution in [3.63, 3.8) is 0 Å². The summed E-state index contributed by atoms with van der Waals surface area (Å²) in [6.45, 7) is 0. The number of hydrogen-bond acceptors (Lipinski definition) is 2. The molecule has 1 N–H and O–H groups in total. The zero-order valence-electron chi connectivity index (χ0n) is 8.61. The van der Waals surface area contributed by atoms with Crippen LogP contribution >= 0.6 is 23.2 Å². The van der Waals surface area contributed by atoms with Crippen LogP contribution in [0.2, 0.25) is 10.0 Å². The molecule has 0 atom stereocenters. The Morgan fingerprint density at radius 1 is 1.39 bits per heavy atom. The molecular formula is C10H5Cl2F3N2O. The molecule has 8 heteroatoms. The van der Waals surface area contributed by atoms with Gasteiger partial charge in [0.05, 0.1) is 27.4 Å². The van der Waals surface area contributed by atoms with Crippen molar-refractivity contribution >= 4 is 34.8 Å². The Kier molecular flexibility index (Phi) is 4.43. The number of nitrogens with one attached hydrogen (secondary N) is 1.